The van der Waals surface area contributed by atoms with Crippen molar-refractivity contribution in [1.82, 2.24) is 0 Å². The molecule has 1 heterocycles. The Labute approximate surface area is 116 Å². The molecule has 2 aromatic rings. The minimum atomic E-state index is -0.320. The first-order valence-electron chi connectivity index (χ1n) is 6.27. The largest absolute Gasteiger partial charge is 0.397 e. The van der Waals surface area contributed by atoms with E-state index in [1.807, 2.05) is 0 Å². The van der Waals surface area contributed by atoms with E-state index >= 15 is 0 Å². The van der Waals surface area contributed by atoms with E-state index in [1.54, 1.807) is 42.3 Å². The summed E-state index contributed by atoms with van der Waals surface area (Å²) in [6.45, 7) is 0. The van der Waals surface area contributed by atoms with E-state index < -0.39 is 0 Å². The van der Waals surface area contributed by atoms with Gasteiger partial charge in [-0.1, -0.05) is 12.1 Å². The van der Waals surface area contributed by atoms with Crippen molar-refractivity contribution < 1.29 is 9.18 Å². The fourth-order valence-electron chi connectivity index (χ4n) is 2.43. The van der Waals surface area contributed by atoms with Gasteiger partial charge < -0.3 is 16.0 Å². The quantitative estimate of drug-likeness (QED) is 0.826. The van der Waals surface area contributed by atoms with Crippen LogP contribution < -0.4 is 16.0 Å². The van der Waals surface area contributed by atoms with Crippen LogP contribution in [0.5, 0.6) is 0 Å². The summed E-state index contributed by atoms with van der Waals surface area (Å²) in [6.07, 6.45) is 0.337. The van der Waals surface area contributed by atoms with E-state index in [4.69, 9.17) is 5.73 Å². The van der Waals surface area contributed by atoms with Gasteiger partial charge in [0.1, 0.15) is 5.82 Å². The average molecular weight is 271 g/mol. The number of hydrogen-bond donors (Lipinski definition) is 2. The number of amides is 1. The van der Waals surface area contributed by atoms with Crippen LogP contribution in [0.4, 0.5) is 27.1 Å². The summed E-state index contributed by atoms with van der Waals surface area (Å²) < 4.78 is 13.8. The third-order valence-corrected chi connectivity index (χ3v) is 3.45. The third-order valence-electron chi connectivity index (χ3n) is 3.45. The lowest BCUT2D eigenvalue weighted by Crippen LogP contribution is -2.13. The SMILES string of the molecule is CN(c1cc2c(cc1N)CC(=O)N2)c1ccccc1F. The summed E-state index contributed by atoms with van der Waals surface area (Å²) in [5.41, 5.74) is 9.25. The van der Waals surface area contributed by atoms with Gasteiger partial charge in [0.05, 0.1) is 23.5 Å². The fraction of sp³-hybridized carbons (Fsp3) is 0.133. The van der Waals surface area contributed by atoms with Gasteiger partial charge in [-0.3, -0.25) is 4.79 Å². The van der Waals surface area contributed by atoms with Crippen molar-refractivity contribution in [3.8, 4) is 0 Å². The van der Waals surface area contributed by atoms with Crippen molar-refractivity contribution in [3.05, 3.63) is 47.8 Å². The Morgan fingerprint density at radius 3 is 2.75 bits per heavy atom. The number of nitrogens with two attached hydrogens (primary N) is 1. The number of para-hydroxylation sites is 1. The second kappa shape index (κ2) is 4.52. The number of halogens is 1. The topological polar surface area (TPSA) is 58.4 Å². The van der Waals surface area contributed by atoms with Gasteiger partial charge in [0.15, 0.2) is 0 Å². The van der Waals surface area contributed by atoms with Crippen LogP contribution in [0.25, 0.3) is 0 Å². The summed E-state index contributed by atoms with van der Waals surface area (Å²) >= 11 is 0. The lowest BCUT2D eigenvalue weighted by molar-refractivity contribution is -0.115. The number of nitrogens with one attached hydrogen (secondary N) is 1. The molecule has 0 bridgehead atoms. The lowest BCUT2D eigenvalue weighted by Gasteiger charge is -2.22. The molecule has 3 rings (SSSR count). The zero-order chi connectivity index (χ0) is 14.3. The van der Waals surface area contributed by atoms with Crippen molar-refractivity contribution in [2.75, 3.05) is 23.0 Å². The lowest BCUT2D eigenvalue weighted by atomic mass is 10.1. The van der Waals surface area contributed by atoms with Crippen LogP contribution in [0.3, 0.4) is 0 Å². The van der Waals surface area contributed by atoms with E-state index in [-0.39, 0.29) is 11.7 Å². The number of rotatable bonds is 2. The predicted molar refractivity (Wildman–Crippen MR) is 77.7 cm³/mol. The predicted octanol–water partition coefficient (Wildman–Crippen LogP) is 2.67. The molecule has 0 aliphatic carbocycles. The first-order valence-corrected chi connectivity index (χ1v) is 6.27. The van der Waals surface area contributed by atoms with Gasteiger partial charge in [0, 0.05) is 12.7 Å². The summed E-state index contributed by atoms with van der Waals surface area (Å²) in [4.78, 5) is 13.1. The molecule has 0 atom stereocenters. The maximum absolute atomic E-state index is 13.8. The molecule has 102 valence electrons. The van der Waals surface area contributed by atoms with Crippen LogP contribution in [-0.4, -0.2) is 13.0 Å². The van der Waals surface area contributed by atoms with E-state index in [2.05, 4.69) is 5.32 Å². The second-order valence-electron chi connectivity index (χ2n) is 4.80. The Balaban J connectivity index is 2.05. The molecule has 1 amide bonds. The second-order valence-corrected chi connectivity index (χ2v) is 4.80. The summed E-state index contributed by atoms with van der Waals surface area (Å²) in [5, 5.41) is 2.77. The van der Waals surface area contributed by atoms with Crippen LogP contribution >= 0.6 is 0 Å². The molecule has 0 unspecified atom stereocenters. The van der Waals surface area contributed by atoms with Gasteiger partial charge >= 0.3 is 0 Å². The minimum absolute atomic E-state index is 0.0508. The average Bonchev–Trinajstić information content (AvgIpc) is 2.76. The van der Waals surface area contributed by atoms with E-state index in [1.165, 1.54) is 6.07 Å². The van der Waals surface area contributed by atoms with Gasteiger partial charge in [-0.25, -0.2) is 4.39 Å². The zero-order valence-electron chi connectivity index (χ0n) is 11.0. The fourth-order valence-corrected chi connectivity index (χ4v) is 2.43. The Morgan fingerprint density at radius 1 is 1.25 bits per heavy atom. The Hall–Kier alpha value is -2.56. The van der Waals surface area contributed by atoms with E-state index in [9.17, 15) is 9.18 Å². The van der Waals surface area contributed by atoms with Crippen LogP contribution in [0, 0.1) is 5.82 Å². The maximum atomic E-state index is 13.8. The molecule has 0 spiro atoms. The highest BCUT2D eigenvalue weighted by Crippen LogP contribution is 2.36. The molecule has 0 radical (unpaired) electrons. The number of hydrogen-bond acceptors (Lipinski definition) is 3. The zero-order valence-corrected chi connectivity index (χ0v) is 11.0. The molecule has 1 aliphatic rings. The molecular weight excluding hydrogens is 257 g/mol. The number of carbonyl (C=O) groups excluding carboxylic acids is 1. The number of carbonyl (C=O) groups is 1. The molecule has 4 nitrogen and oxygen atoms in total. The number of anilines is 4. The van der Waals surface area contributed by atoms with E-state index in [0.717, 1.165) is 11.3 Å². The Kier molecular flexibility index (Phi) is 2.82. The monoisotopic (exact) mass is 271 g/mol. The van der Waals surface area contributed by atoms with Crippen molar-refractivity contribution in [1.29, 1.82) is 0 Å². The van der Waals surface area contributed by atoms with Gasteiger partial charge in [-0.15, -0.1) is 0 Å². The van der Waals surface area contributed by atoms with Gasteiger partial charge in [-0.05, 0) is 29.8 Å². The molecule has 0 aromatic heterocycles. The third kappa shape index (κ3) is 1.97. The van der Waals surface area contributed by atoms with Gasteiger partial charge in [-0.2, -0.15) is 0 Å². The molecule has 20 heavy (non-hydrogen) atoms. The van der Waals surface area contributed by atoms with Crippen LogP contribution in [0.2, 0.25) is 0 Å². The smallest absolute Gasteiger partial charge is 0.228 e. The number of nitrogen functional groups attached to an aromatic ring is 1. The highest BCUT2D eigenvalue weighted by atomic mass is 19.1. The summed E-state index contributed by atoms with van der Waals surface area (Å²) in [7, 11) is 1.74. The van der Waals surface area contributed by atoms with Crippen molar-refractivity contribution in [3.63, 3.8) is 0 Å². The molecule has 3 N–H and O–H groups in total. The van der Waals surface area contributed by atoms with Gasteiger partial charge in [0.2, 0.25) is 5.91 Å². The Morgan fingerprint density at radius 2 is 2.00 bits per heavy atom. The highest BCUT2D eigenvalue weighted by Gasteiger charge is 2.21. The standard InChI is InChI=1S/C15H14FN3O/c1-19(13-5-3-2-4-10(13)16)14-8-12-9(6-11(14)17)7-15(20)18-12/h2-6,8H,7,17H2,1H3,(H,18,20). The Bertz CT molecular complexity index is 700. The van der Waals surface area contributed by atoms with Crippen LogP contribution in [0.1, 0.15) is 5.56 Å². The maximum Gasteiger partial charge on any atom is 0.228 e. The molecule has 0 saturated carbocycles. The first-order chi connectivity index (χ1) is 9.56. The molecule has 2 aromatic carbocycles. The molecular formula is C15H14FN3O. The minimum Gasteiger partial charge on any atom is -0.397 e. The van der Waals surface area contributed by atoms with E-state index in [0.29, 0.717) is 23.5 Å². The summed E-state index contributed by atoms with van der Waals surface area (Å²) in [6, 6.07) is 10.0. The molecule has 1 aliphatic heterocycles. The highest BCUT2D eigenvalue weighted by molar-refractivity contribution is 6.01. The van der Waals surface area contributed by atoms with Crippen molar-refractivity contribution in [2.24, 2.45) is 0 Å². The van der Waals surface area contributed by atoms with Gasteiger partial charge in [0.25, 0.3) is 0 Å². The number of nitrogens with zero attached hydrogens (tertiary/aromatic N) is 1. The first kappa shape index (κ1) is 12.5. The van der Waals surface area contributed by atoms with Crippen molar-refractivity contribution in [2.45, 2.75) is 6.42 Å². The normalized spacial score (nSPS) is 13.0. The number of fused-ring (bicyclic) bond motifs is 1. The summed E-state index contributed by atoms with van der Waals surface area (Å²) in [5.74, 6) is -0.371. The van der Waals surface area contributed by atoms with Crippen LogP contribution in [0.15, 0.2) is 36.4 Å². The molecule has 5 heteroatoms. The van der Waals surface area contributed by atoms with Crippen molar-refractivity contribution >= 4 is 28.7 Å². The van der Waals surface area contributed by atoms with Crippen LogP contribution in [-0.2, 0) is 11.2 Å². The molecule has 0 saturated heterocycles. The number of benzene rings is 2. The molecule has 0 fully saturated rings.